The fourth-order valence-corrected chi connectivity index (χ4v) is 12.7. The van der Waals surface area contributed by atoms with Crippen molar-refractivity contribution in [3.63, 3.8) is 0 Å². The topological polar surface area (TPSA) is 252 Å². The van der Waals surface area contributed by atoms with E-state index < -0.39 is 43.4 Å². The summed E-state index contributed by atoms with van der Waals surface area (Å²) in [7, 11) is 6.03. The number of alkyl halides is 6. The number of anilines is 8. The van der Waals surface area contributed by atoms with Crippen molar-refractivity contribution in [1.82, 2.24) is 40.4 Å². The van der Waals surface area contributed by atoms with Gasteiger partial charge in [0.25, 0.3) is 11.8 Å². The van der Waals surface area contributed by atoms with Crippen LogP contribution < -0.4 is 41.4 Å². The molecule has 2 aliphatic carbocycles. The number of carbonyl (C=O) groups excluding carboxylic acids is 4. The number of ether oxygens (including phenoxy) is 2. The van der Waals surface area contributed by atoms with Crippen molar-refractivity contribution in [1.29, 1.82) is 0 Å². The summed E-state index contributed by atoms with van der Waals surface area (Å²) in [4.78, 5) is 71.1. The lowest BCUT2D eigenvalue weighted by Gasteiger charge is -2.29. The molecule has 0 spiro atoms. The van der Waals surface area contributed by atoms with Crippen LogP contribution in [0.25, 0.3) is 0 Å². The second-order valence-electron chi connectivity index (χ2n) is 22.1. The highest BCUT2D eigenvalue weighted by atomic mass is 31.1. The van der Waals surface area contributed by atoms with Gasteiger partial charge in [-0.1, -0.05) is 24.3 Å². The molecular formula is C60H65F6N12O9P. The van der Waals surface area contributed by atoms with Crippen molar-refractivity contribution >= 4 is 78.2 Å². The van der Waals surface area contributed by atoms with Crippen LogP contribution in [-0.4, -0.2) is 95.8 Å². The number of benzene rings is 4. The molecule has 4 amide bonds. The first-order valence-electron chi connectivity index (χ1n) is 28.4. The van der Waals surface area contributed by atoms with Crippen LogP contribution in [0.4, 0.5) is 72.6 Å². The van der Waals surface area contributed by atoms with Crippen LogP contribution in [0.15, 0.2) is 73.1 Å². The molecular weight excluding hydrogens is 1180 g/mol. The molecule has 2 saturated carbocycles. The van der Waals surface area contributed by atoms with Gasteiger partial charge in [0.1, 0.15) is 34.3 Å². The lowest BCUT2D eigenvalue weighted by atomic mass is 9.76. The third-order valence-electron chi connectivity index (χ3n) is 16.6. The maximum absolute atomic E-state index is 14.5. The number of rotatable bonds is 20. The highest BCUT2D eigenvalue weighted by Gasteiger charge is 2.40. The molecule has 0 atom stereocenters. The van der Waals surface area contributed by atoms with E-state index in [0.29, 0.717) is 86.0 Å². The van der Waals surface area contributed by atoms with Crippen LogP contribution in [0.2, 0.25) is 0 Å². The smallest absolute Gasteiger partial charge is 0.421 e. The van der Waals surface area contributed by atoms with Crippen molar-refractivity contribution in [2.24, 2.45) is 11.8 Å². The van der Waals surface area contributed by atoms with Crippen molar-refractivity contribution in [2.45, 2.75) is 102 Å². The van der Waals surface area contributed by atoms with E-state index in [9.17, 15) is 50.1 Å². The lowest BCUT2D eigenvalue weighted by molar-refractivity contribution is -0.138. The quantitative estimate of drug-likeness (QED) is 0.0307. The normalized spacial score (nSPS) is 18.7. The Labute approximate surface area is 503 Å². The molecule has 0 radical (unpaired) electrons. The van der Waals surface area contributed by atoms with Gasteiger partial charge in [-0.25, -0.2) is 9.97 Å². The fourth-order valence-electron chi connectivity index (χ4n) is 12.0. The number of halogens is 6. The highest BCUT2D eigenvalue weighted by Crippen LogP contribution is 2.46. The van der Waals surface area contributed by atoms with Crippen molar-refractivity contribution in [3.05, 3.63) is 129 Å². The summed E-state index contributed by atoms with van der Waals surface area (Å²) >= 11 is 0. The molecule has 2 aromatic heterocycles. The third kappa shape index (κ3) is 13.5. The van der Waals surface area contributed by atoms with Gasteiger partial charge in [0.2, 0.25) is 23.7 Å². The Kier molecular flexibility index (Phi) is 18.5. The van der Waals surface area contributed by atoms with Crippen LogP contribution in [0.3, 0.4) is 0 Å². The van der Waals surface area contributed by atoms with E-state index in [4.69, 9.17) is 18.5 Å². The molecule has 6 aromatic rings. The Bertz CT molecular complexity index is 3460. The zero-order valence-electron chi connectivity index (χ0n) is 48.8. The number of nitrogens with zero attached hydrogens (tertiary/aromatic N) is 6. The molecule has 0 bridgehead atoms. The van der Waals surface area contributed by atoms with E-state index in [-0.39, 0.29) is 131 Å². The van der Waals surface area contributed by atoms with Gasteiger partial charge in [-0.2, -0.15) is 36.3 Å². The third-order valence-corrected chi connectivity index (χ3v) is 17.4. The fraction of sp³-hybridized carbons (Fsp3) is 0.400. The minimum absolute atomic E-state index is 0.0143. The van der Waals surface area contributed by atoms with Gasteiger partial charge in [0, 0.05) is 65.5 Å². The van der Waals surface area contributed by atoms with Gasteiger partial charge in [0.15, 0.2) is 0 Å². The first-order valence-corrected chi connectivity index (χ1v) is 29.6. The number of aromatic nitrogens is 4. The predicted octanol–water partition coefficient (Wildman–Crippen LogP) is 11.6. The Balaban J connectivity index is 0.772. The minimum atomic E-state index is -4.88. The maximum Gasteiger partial charge on any atom is 0.421 e. The molecule has 0 unspecified atom stereocenters. The van der Waals surface area contributed by atoms with Crippen molar-refractivity contribution < 1.29 is 68.6 Å². The van der Waals surface area contributed by atoms with Gasteiger partial charge in [-0.3, -0.25) is 23.7 Å². The summed E-state index contributed by atoms with van der Waals surface area (Å²) in [5.74, 6) is -2.11. The summed E-state index contributed by atoms with van der Waals surface area (Å²) < 4.78 is 122. The molecule has 2 fully saturated rings. The van der Waals surface area contributed by atoms with Crippen LogP contribution >= 0.6 is 8.25 Å². The monoisotopic (exact) mass is 1240 g/mol. The van der Waals surface area contributed by atoms with Gasteiger partial charge in [0.05, 0.1) is 61.3 Å². The van der Waals surface area contributed by atoms with Crippen LogP contribution in [0.1, 0.15) is 128 Å². The molecule has 6 N–H and O–H groups in total. The number of nitrogens with one attached hydrogen (secondary N) is 6. The standard InChI is InChI=1S/C60H65F6N12O9P/c1-67-53(79)35-13-9-33(10-14-35)37-17-21-45(49-39(37)27-77(3)55(49)81)71-51-41(59(61,62)63)25-69-57(75-51)73-43-19-7-31(23-47(43)84-5)29-86-88(83)87-30-32-8-20-44(48(24-32)85-6)74-58-70-26-42(60(64,65)66)52(76-58)72-46-22-18-38(40-28-78(4)56(82)50(40)46)34-11-15-36(16-12-34)54(80)68-2/h7-8,17-26,33-36,88H,9-16,27-30H2,1-6H3,(H,67,79)(H,68,80)(H2,69,71,73,75)(H2,70,72,74,76). The van der Waals surface area contributed by atoms with Crippen molar-refractivity contribution in [3.8, 4) is 11.5 Å². The van der Waals surface area contributed by atoms with E-state index >= 15 is 0 Å². The number of amides is 4. The van der Waals surface area contributed by atoms with E-state index in [0.717, 1.165) is 11.1 Å². The summed E-state index contributed by atoms with van der Waals surface area (Å²) in [6, 6.07) is 16.2. The highest BCUT2D eigenvalue weighted by molar-refractivity contribution is 7.33. The molecule has 466 valence electrons. The Hall–Kier alpha value is -8.55. The molecule has 2 aliphatic heterocycles. The Morgan fingerprint density at radius 1 is 0.568 bits per heavy atom. The first kappa shape index (κ1) is 62.5. The summed E-state index contributed by atoms with van der Waals surface area (Å²) in [5, 5.41) is 16.8. The first-order chi connectivity index (χ1) is 42.0. The average Bonchev–Trinajstić information content (AvgIpc) is 1.74. The molecule has 21 nitrogen and oxygen atoms in total. The zero-order chi connectivity index (χ0) is 62.8. The van der Waals surface area contributed by atoms with E-state index in [2.05, 4.69) is 51.8 Å². The molecule has 10 rings (SSSR count). The minimum Gasteiger partial charge on any atom is -0.495 e. The van der Waals surface area contributed by atoms with Crippen LogP contribution in [0, 0.1) is 11.8 Å². The number of hydrogen-bond acceptors (Lipinski definition) is 17. The second kappa shape index (κ2) is 26.0. The SMILES string of the molecule is CNC(=O)C1CCC(c2ccc(Nc3nc(Nc4ccc(CO[PH](=O)OCc5ccc(Nc6ncc(C(F)(F)F)c(Nc7ccc(C8CCC(C(=O)NC)CC8)c8c7C(=O)N(C)C8)n6)c(OC)c5)cc4OC)ncc3C(F)(F)F)c3c2CN(C)C3=O)CC1. The summed E-state index contributed by atoms with van der Waals surface area (Å²) in [6.45, 7) is 0.101. The molecule has 0 saturated heterocycles. The molecule has 4 aliphatic rings. The number of hydrogen-bond donors (Lipinski definition) is 6. The van der Waals surface area contributed by atoms with Crippen LogP contribution in [0.5, 0.6) is 11.5 Å². The van der Waals surface area contributed by atoms with E-state index in [1.165, 1.54) is 36.2 Å². The predicted molar refractivity (Wildman–Crippen MR) is 314 cm³/mol. The molecule has 4 heterocycles. The maximum atomic E-state index is 14.5. The summed E-state index contributed by atoms with van der Waals surface area (Å²) in [6.07, 6.45) is -2.96. The van der Waals surface area contributed by atoms with Gasteiger partial charge >= 0.3 is 20.6 Å². The second-order valence-corrected chi connectivity index (χ2v) is 23.1. The Morgan fingerprint density at radius 2 is 0.943 bits per heavy atom. The van der Waals surface area contributed by atoms with Crippen molar-refractivity contribution in [2.75, 3.05) is 63.7 Å². The van der Waals surface area contributed by atoms with E-state index in [1.807, 2.05) is 12.1 Å². The molecule has 28 heteroatoms. The zero-order valence-corrected chi connectivity index (χ0v) is 49.8. The van der Waals surface area contributed by atoms with Crippen LogP contribution in [-0.2, 0) is 61.9 Å². The number of methoxy groups -OCH3 is 2. The number of carbonyl (C=O) groups is 4. The lowest BCUT2D eigenvalue weighted by Crippen LogP contribution is -2.30. The van der Waals surface area contributed by atoms with Gasteiger partial charge in [-0.05, 0) is 133 Å². The largest absolute Gasteiger partial charge is 0.495 e. The molecule has 88 heavy (non-hydrogen) atoms. The van der Waals surface area contributed by atoms with Gasteiger partial charge in [-0.15, -0.1) is 0 Å². The Morgan fingerprint density at radius 3 is 1.30 bits per heavy atom. The average molecular weight is 1240 g/mol. The molecule has 4 aromatic carbocycles. The van der Waals surface area contributed by atoms with Gasteiger partial charge < -0.3 is 60.2 Å². The number of fused-ring (bicyclic) bond motifs is 2. The summed E-state index contributed by atoms with van der Waals surface area (Å²) in [5.41, 5.74) is 3.17. The van der Waals surface area contributed by atoms with E-state index in [1.54, 1.807) is 64.6 Å².